The molecule has 0 unspecified atom stereocenters. The van der Waals surface area contributed by atoms with E-state index >= 15 is 0 Å². The summed E-state index contributed by atoms with van der Waals surface area (Å²) in [5.74, 6) is -0.765. The monoisotopic (exact) mass is 521 g/mol. The number of aryl methyl sites for hydroxylation is 2. The minimum Gasteiger partial charge on any atom is -0.352 e. The minimum atomic E-state index is -3.77. The van der Waals surface area contributed by atoms with E-state index < -0.39 is 28.5 Å². The van der Waals surface area contributed by atoms with Crippen LogP contribution < -0.4 is 9.62 Å². The quantitative estimate of drug-likeness (QED) is 0.473. The molecule has 2 atom stereocenters. The van der Waals surface area contributed by atoms with Crippen LogP contribution in [0.5, 0.6) is 0 Å². The molecule has 9 heteroatoms. The molecule has 192 valence electrons. The maximum atomic E-state index is 13.7. The zero-order chi connectivity index (χ0) is 26.3. The first-order valence-electron chi connectivity index (χ1n) is 11.8. The highest BCUT2D eigenvalue weighted by Crippen LogP contribution is 2.24. The molecule has 0 saturated carbocycles. The number of nitrogens with zero attached hydrogens (tertiary/aromatic N) is 2. The van der Waals surface area contributed by atoms with Gasteiger partial charge in [0.1, 0.15) is 12.6 Å². The van der Waals surface area contributed by atoms with Crippen molar-refractivity contribution in [1.82, 2.24) is 10.2 Å². The molecule has 2 rings (SSSR count). The van der Waals surface area contributed by atoms with Crippen LogP contribution in [0.25, 0.3) is 0 Å². The average Bonchev–Trinajstić information content (AvgIpc) is 2.79. The zero-order valence-electron chi connectivity index (χ0n) is 21.3. The number of carbonyl (C=O) groups excluding carboxylic acids is 2. The first kappa shape index (κ1) is 28.7. The van der Waals surface area contributed by atoms with Gasteiger partial charge in [-0.15, -0.1) is 0 Å². The van der Waals surface area contributed by atoms with Crippen LogP contribution in [0.1, 0.15) is 50.3 Å². The van der Waals surface area contributed by atoms with Gasteiger partial charge in [0.05, 0.1) is 11.9 Å². The number of hydrogen-bond donors (Lipinski definition) is 1. The van der Waals surface area contributed by atoms with Crippen LogP contribution >= 0.6 is 11.6 Å². The molecule has 0 aliphatic heterocycles. The maximum absolute atomic E-state index is 13.7. The van der Waals surface area contributed by atoms with E-state index in [4.69, 9.17) is 11.6 Å². The SMILES string of the molecule is CC[C@H](C(=O)N[C@@H](C)CC)N(Cc1ccccc1Cl)C(=O)CN(c1ccc(C)c(C)c1)S(C)(=O)=O. The van der Waals surface area contributed by atoms with Gasteiger partial charge >= 0.3 is 0 Å². The molecule has 0 heterocycles. The first-order chi connectivity index (χ1) is 16.4. The van der Waals surface area contributed by atoms with Crippen LogP contribution in [0.4, 0.5) is 5.69 Å². The minimum absolute atomic E-state index is 0.0585. The Bertz CT molecular complexity index is 1150. The van der Waals surface area contributed by atoms with Crippen molar-refractivity contribution in [3.63, 3.8) is 0 Å². The van der Waals surface area contributed by atoms with E-state index in [0.29, 0.717) is 22.7 Å². The summed E-state index contributed by atoms with van der Waals surface area (Å²) in [7, 11) is -3.77. The van der Waals surface area contributed by atoms with E-state index in [9.17, 15) is 18.0 Å². The Morgan fingerprint density at radius 2 is 1.69 bits per heavy atom. The van der Waals surface area contributed by atoms with E-state index in [1.165, 1.54) is 4.90 Å². The summed E-state index contributed by atoms with van der Waals surface area (Å²) < 4.78 is 26.5. The fourth-order valence-electron chi connectivity index (χ4n) is 3.67. The Balaban J connectivity index is 2.47. The van der Waals surface area contributed by atoms with Crippen molar-refractivity contribution in [2.75, 3.05) is 17.1 Å². The van der Waals surface area contributed by atoms with Crippen molar-refractivity contribution in [1.29, 1.82) is 0 Å². The second-order valence-electron chi connectivity index (χ2n) is 8.89. The van der Waals surface area contributed by atoms with E-state index in [1.54, 1.807) is 30.3 Å². The second-order valence-corrected chi connectivity index (χ2v) is 11.2. The third-order valence-corrected chi connectivity index (χ3v) is 7.65. The third kappa shape index (κ3) is 7.70. The summed E-state index contributed by atoms with van der Waals surface area (Å²) in [6, 6.07) is 11.5. The second kappa shape index (κ2) is 12.4. The highest BCUT2D eigenvalue weighted by atomic mass is 35.5. The third-order valence-electron chi connectivity index (χ3n) is 6.14. The number of amides is 2. The van der Waals surface area contributed by atoms with E-state index in [-0.39, 0.29) is 18.5 Å². The lowest BCUT2D eigenvalue weighted by atomic mass is 10.1. The van der Waals surface area contributed by atoms with Gasteiger partial charge in [-0.05, 0) is 68.5 Å². The number of nitrogens with one attached hydrogen (secondary N) is 1. The first-order valence-corrected chi connectivity index (χ1v) is 14.0. The van der Waals surface area contributed by atoms with Crippen molar-refractivity contribution >= 4 is 39.1 Å². The van der Waals surface area contributed by atoms with Gasteiger partial charge in [0.25, 0.3) is 0 Å². The fraction of sp³-hybridized carbons (Fsp3) is 0.462. The molecule has 35 heavy (non-hydrogen) atoms. The van der Waals surface area contributed by atoms with Crippen LogP contribution in [0.3, 0.4) is 0 Å². The standard InChI is InChI=1S/C26H36ClN3O4S/c1-7-20(5)28-26(32)24(8-2)29(16-21-11-9-10-12-23(21)27)25(31)17-30(35(6,33)34)22-14-13-18(3)19(4)15-22/h9-15,20,24H,7-8,16-17H2,1-6H3,(H,28,32)/t20-,24+/m0/s1. The van der Waals surface area contributed by atoms with E-state index in [0.717, 1.165) is 28.1 Å². The Kier molecular flexibility index (Phi) is 10.2. The Hall–Kier alpha value is -2.58. The summed E-state index contributed by atoms with van der Waals surface area (Å²) in [5.41, 5.74) is 3.01. The van der Waals surface area contributed by atoms with Gasteiger partial charge in [0, 0.05) is 17.6 Å². The van der Waals surface area contributed by atoms with Crippen molar-refractivity contribution in [2.24, 2.45) is 0 Å². The molecule has 0 aliphatic rings. The van der Waals surface area contributed by atoms with Gasteiger partial charge in [-0.1, -0.05) is 49.7 Å². The topological polar surface area (TPSA) is 86.8 Å². The van der Waals surface area contributed by atoms with Crippen molar-refractivity contribution in [2.45, 2.75) is 66.1 Å². The Labute approximate surface area is 214 Å². The molecule has 0 aromatic heterocycles. The molecule has 1 N–H and O–H groups in total. The summed E-state index contributed by atoms with van der Waals surface area (Å²) in [5, 5.41) is 3.42. The van der Waals surface area contributed by atoms with Crippen LogP contribution in [-0.2, 0) is 26.2 Å². The number of hydrogen-bond acceptors (Lipinski definition) is 4. The van der Waals surface area contributed by atoms with Gasteiger partial charge in [-0.3, -0.25) is 13.9 Å². The number of benzene rings is 2. The van der Waals surface area contributed by atoms with Gasteiger partial charge in [-0.2, -0.15) is 0 Å². The van der Waals surface area contributed by atoms with Crippen LogP contribution in [0.15, 0.2) is 42.5 Å². The van der Waals surface area contributed by atoms with Crippen LogP contribution in [-0.4, -0.2) is 50.0 Å². The Morgan fingerprint density at radius 1 is 1.03 bits per heavy atom. The van der Waals surface area contributed by atoms with Gasteiger partial charge in [-0.25, -0.2) is 8.42 Å². The molecule has 0 fully saturated rings. The molecule has 7 nitrogen and oxygen atoms in total. The van der Waals surface area contributed by atoms with Gasteiger partial charge < -0.3 is 10.2 Å². The molecule has 0 spiro atoms. The maximum Gasteiger partial charge on any atom is 0.244 e. The molecule has 2 aromatic carbocycles. The number of rotatable bonds is 11. The summed E-state index contributed by atoms with van der Waals surface area (Å²) in [6.07, 6.45) is 2.18. The van der Waals surface area contributed by atoms with E-state index in [2.05, 4.69) is 5.32 Å². The van der Waals surface area contributed by atoms with Crippen LogP contribution in [0.2, 0.25) is 5.02 Å². The number of halogens is 1. The highest BCUT2D eigenvalue weighted by molar-refractivity contribution is 7.92. The molecule has 0 aliphatic carbocycles. The fourth-order valence-corrected chi connectivity index (χ4v) is 4.70. The molecule has 0 saturated heterocycles. The van der Waals surface area contributed by atoms with Crippen LogP contribution in [0, 0.1) is 13.8 Å². The predicted molar refractivity (Wildman–Crippen MR) is 142 cm³/mol. The molecule has 0 bridgehead atoms. The molecule has 0 radical (unpaired) electrons. The lowest BCUT2D eigenvalue weighted by Gasteiger charge is -2.33. The Morgan fingerprint density at radius 3 is 2.23 bits per heavy atom. The number of sulfonamides is 1. The smallest absolute Gasteiger partial charge is 0.244 e. The summed E-state index contributed by atoms with van der Waals surface area (Å²) in [4.78, 5) is 28.3. The largest absolute Gasteiger partial charge is 0.352 e. The van der Waals surface area contributed by atoms with Gasteiger partial charge in [0.15, 0.2) is 0 Å². The summed E-state index contributed by atoms with van der Waals surface area (Å²) in [6.45, 7) is 9.15. The van der Waals surface area contributed by atoms with E-state index in [1.807, 2.05) is 46.8 Å². The average molecular weight is 522 g/mol. The summed E-state index contributed by atoms with van der Waals surface area (Å²) >= 11 is 6.37. The number of carbonyl (C=O) groups is 2. The van der Waals surface area contributed by atoms with Crippen molar-refractivity contribution in [3.8, 4) is 0 Å². The lowest BCUT2D eigenvalue weighted by Crippen LogP contribution is -2.53. The van der Waals surface area contributed by atoms with Crippen molar-refractivity contribution < 1.29 is 18.0 Å². The predicted octanol–water partition coefficient (Wildman–Crippen LogP) is 4.44. The highest BCUT2D eigenvalue weighted by Gasteiger charge is 2.32. The molecular weight excluding hydrogens is 486 g/mol. The molecule has 2 amide bonds. The lowest BCUT2D eigenvalue weighted by molar-refractivity contribution is -0.140. The zero-order valence-corrected chi connectivity index (χ0v) is 22.9. The number of anilines is 1. The van der Waals surface area contributed by atoms with Gasteiger partial charge in [0.2, 0.25) is 21.8 Å². The normalized spacial score (nSPS) is 13.1. The molecular formula is C26H36ClN3O4S. The van der Waals surface area contributed by atoms with Crippen molar-refractivity contribution in [3.05, 3.63) is 64.2 Å². The molecule has 2 aromatic rings.